The van der Waals surface area contributed by atoms with Gasteiger partial charge in [0.1, 0.15) is 0 Å². The molecule has 2 aromatic carbocycles. The van der Waals surface area contributed by atoms with Gasteiger partial charge in [0.2, 0.25) is 6.69 Å². The maximum atomic E-state index is 5.43. The van der Waals surface area contributed by atoms with Crippen LogP contribution in [0.5, 0.6) is 0 Å². The molecular formula is C22H24Cl2SiZr. The summed E-state index contributed by atoms with van der Waals surface area (Å²) >= 11 is 10.3. The monoisotopic (exact) mass is 476 g/mol. The van der Waals surface area contributed by atoms with Crippen molar-refractivity contribution in [1.82, 2.24) is 0 Å². The predicted octanol–water partition coefficient (Wildman–Crippen LogP) is 7.55. The molecule has 26 heavy (non-hydrogen) atoms. The fraction of sp³-hybridized carbons (Fsp3) is 0.273. The Morgan fingerprint density at radius 3 is 1.46 bits per heavy atom. The Bertz CT molecular complexity index is 793. The van der Waals surface area contributed by atoms with E-state index in [9.17, 15) is 0 Å². The fourth-order valence-corrected chi connectivity index (χ4v) is 8.26. The molecule has 0 nitrogen and oxygen atoms in total. The molecule has 0 saturated heterocycles. The van der Waals surface area contributed by atoms with E-state index in [0.29, 0.717) is 0 Å². The van der Waals surface area contributed by atoms with Gasteiger partial charge < -0.3 is 0 Å². The zero-order valence-electron chi connectivity index (χ0n) is 15.7. The minimum atomic E-state index is -1.67. The van der Waals surface area contributed by atoms with E-state index in [-0.39, 0.29) is 0 Å². The number of rotatable bonds is 2. The quantitative estimate of drug-likeness (QED) is 0.309. The molecule has 0 N–H and O–H groups in total. The predicted molar refractivity (Wildman–Crippen MR) is 115 cm³/mol. The molecule has 0 saturated carbocycles. The molecule has 0 fully saturated rings. The Balaban J connectivity index is 0.000000349. The molecule has 0 radical (unpaired) electrons. The maximum Gasteiger partial charge on any atom is 0.245 e. The van der Waals surface area contributed by atoms with Crippen LogP contribution in [0.1, 0.15) is 43.4 Å². The summed E-state index contributed by atoms with van der Waals surface area (Å²) in [4.78, 5) is 0. The molecule has 2 aliphatic rings. The normalized spacial score (nSPS) is 20.4. The van der Waals surface area contributed by atoms with Gasteiger partial charge in [-0.15, -0.1) is 22.2 Å². The van der Waals surface area contributed by atoms with Crippen LogP contribution in [0.2, 0.25) is 13.1 Å². The first-order valence-corrected chi connectivity index (χ1v) is 16.8. The summed E-state index contributed by atoms with van der Waals surface area (Å²) in [7, 11) is 0. The molecule has 0 bridgehead atoms. The van der Waals surface area contributed by atoms with E-state index in [2.05, 4.69) is 74.5 Å². The van der Waals surface area contributed by atoms with Gasteiger partial charge in [0.15, 0.2) is 0 Å². The van der Waals surface area contributed by atoms with Crippen LogP contribution >= 0.6 is 22.2 Å². The molecule has 0 heterocycles. The Morgan fingerprint density at radius 1 is 0.731 bits per heavy atom. The second-order valence-corrected chi connectivity index (χ2v) is 20.0. The zero-order chi connectivity index (χ0) is 18.9. The molecule has 4 heteroatoms. The van der Waals surface area contributed by atoms with Crippen molar-refractivity contribution >= 4 is 41.0 Å². The summed E-state index contributed by atoms with van der Waals surface area (Å²) in [5.41, 5.74) is 9.24. The number of halogens is 2. The average molecular weight is 479 g/mol. The largest absolute Gasteiger partial charge is 0.245 e. The number of benzene rings is 2. The topological polar surface area (TPSA) is 0 Å². The van der Waals surface area contributed by atoms with Crippen molar-refractivity contribution in [3.63, 3.8) is 0 Å². The van der Waals surface area contributed by atoms with Gasteiger partial charge in [0.05, 0.1) is 0 Å². The first-order chi connectivity index (χ1) is 12.2. The van der Waals surface area contributed by atoms with E-state index < -0.39 is 29.9 Å². The van der Waals surface area contributed by atoms with Crippen LogP contribution in [-0.4, -0.2) is 6.69 Å². The summed E-state index contributed by atoms with van der Waals surface area (Å²) in [6.45, 7) is 6.70. The SMILES string of the molecule is CC1=Cc2ccccc2[CH]1[Zr][CH]1C(C)=Cc2ccccc21.C[Si](C)(Cl)Cl. The van der Waals surface area contributed by atoms with E-state index in [1.54, 1.807) is 22.3 Å². The molecule has 2 aliphatic carbocycles. The fourth-order valence-electron chi connectivity index (χ4n) is 3.57. The smallest absolute Gasteiger partial charge is 0.146 e. The van der Waals surface area contributed by atoms with Crippen molar-refractivity contribution in [2.75, 3.05) is 0 Å². The van der Waals surface area contributed by atoms with Crippen LogP contribution in [0.4, 0.5) is 0 Å². The molecule has 2 aromatic rings. The summed E-state index contributed by atoms with van der Waals surface area (Å²) < 4.78 is 1.48. The van der Waals surface area contributed by atoms with Crippen LogP contribution in [0.15, 0.2) is 59.7 Å². The average Bonchev–Trinajstić information content (AvgIpc) is 3.04. The molecule has 0 spiro atoms. The maximum absolute atomic E-state index is 5.43. The third-order valence-corrected chi connectivity index (χ3v) is 10.0. The molecule has 2 atom stereocenters. The van der Waals surface area contributed by atoms with E-state index in [0.717, 1.165) is 7.25 Å². The summed E-state index contributed by atoms with van der Waals surface area (Å²) in [6, 6.07) is 17.9. The Labute approximate surface area is 179 Å². The molecular weight excluding hydrogens is 454 g/mol. The van der Waals surface area contributed by atoms with E-state index in [1.165, 1.54) is 11.1 Å². The van der Waals surface area contributed by atoms with Crippen LogP contribution < -0.4 is 0 Å². The zero-order valence-corrected chi connectivity index (χ0v) is 20.7. The summed E-state index contributed by atoms with van der Waals surface area (Å²) in [6.07, 6.45) is 4.81. The number of fused-ring (bicyclic) bond motifs is 2. The number of allylic oxidation sites excluding steroid dienone is 2. The molecule has 134 valence electrons. The Morgan fingerprint density at radius 2 is 1.08 bits per heavy atom. The van der Waals surface area contributed by atoms with Gasteiger partial charge in [0, 0.05) is 0 Å². The van der Waals surface area contributed by atoms with E-state index >= 15 is 0 Å². The van der Waals surface area contributed by atoms with Gasteiger partial charge >= 0.3 is 138 Å². The standard InChI is InChI=1S/2C10H9.C2H6Cl2Si.Zr/c2*1-8-6-9-4-2-3-5-10(9)7-8;1-5(2,3)4;/h2*2-7H,1H3;1-2H3;. The van der Waals surface area contributed by atoms with Gasteiger partial charge in [-0.1, -0.05) is 0 Å². The van der Waals surface area contributed by atoms with Crippen molar-refractivity contribution in [3.05, 3.63) is 81.9 Å². The minimum Gasteiger partial charge on any atom is -0.146 e. The van der Waals surface area contributed by atoms with Crippen molar-refractivity contribution in [2.24, 2.45) is 0 Å². The summed E-state index contributed by atoms with van der Waals surface area (Å²) in [5, 5.41) is 0. The summed E-state index contributed by atoms with van der Waals surface area (Å²) in [5.74, 6) is 0. The van der Waals surface area contributed by atoms with Crippen molar-refractivity contribution in [2.45, 2.75) is 34.2 Å². The second kappa shape index (κ2) is 8.31. The van der Waals surface area contributed by atoms with Crippen LogP contribution in [0.25, 0.3) is 12.2 Å². The molecule has 0 amide bonds. The Hall–Kier alpha value is -0.400. The van der Waals surface area contributed by atoms with Crippen LogP contribution in [0, 0.1) is 0 Å². The molecule has 0 aliphatic heterocycles. The third kappa shape index (κ3) is 4.90. The van der Waals surface area contributed by atoms with Crippen molar-refractivity contribution in [3.8, 4) is 0 Å². The third-order valence-electron chi connectivity index (χ3n) is 4.62. The second-order valence-electron chi connectivity index (χ2n) is 7.39. The van der Waals surface area contributed by atoms with E-state index in [4.69, 9.17) is 22.2 Å². The van der Waals surface area contributed by atoms with Crippen LogP contribution in [0.3, 0.4) is 0 Å². The van der Waals surface area contributed by atoms with Gasteiger partial charge in [-0.3, -0.25) is 0 Å². The van der Waals surface area contributed by atoms with Gasteiger partial charge in [0.25, 0.3) is 0 Å². The van der Waals surface area contributed by atoms with Gasteiger partial charge in [-0.2, -0.15) is 0 Å². The number of hydrogen-bond acceptors (Lipinski definition) is 0. The Kier molecular flexibility index (Phi) is 6.50. The molecule has 4 rings (SSSR count). The van der Waals surface area contributed by atoms with Crippen LogP contribution in [-0.2, 0) is 23.2 Å². The number of hydrogen-bond donors (Lipinski definition) is 0. The van der Waals surface area contributed by atoms with E-state index in [1.807, 2.05) is 13.1 Å². The first-order valence-electron chi connectivity index (χ1n) is 8.92. The van der Waals surface area contributed by atoms with Gasteiger partial charge in [-0.25, -0.2) is 0 Å². The molecule has 0 aromatic heterocycles. The van der Waals surface area contributed by atoms with Crippen molar-refractivity contribution < 1.29 is 23.2 Å². The van der Waals surface area contributed by atoms with Crippen molar-refractivity contribution in [1.29, 1.82) is 0 Å². The minimum absolute atomic E-state index is 0.616. The molecule has 2 unspecified atom stereocenters. The van der Waals surface area contributed by atoms with Gasteiger partial charge in [-0.05, 0) is 13.1 Å². The first kappa shape index (κ1) is 20.3.